The molecule has 1 aliphatic heterocycles. The Kier molecular flexibility index (Phi) is 6.35. The number of piperidine rings is 1. The number of aromatic nitrogens is 1. The minimum Gasteiger partial charge on any atom is -0.310 e. The third-order valence-electron chi connectivity index (χ3n) is 4.50. The van der Waals surface area contributed by atoms with Crippen LogP contribution in [0, 0.1) is 17.2 Å². The van der Waals surface area contributed by atoms with Crippen molar-refractivity contribution in [1.29, 1.82) is 5.26 Å². The number of amides is 1. The van der Waals surface area contributed by atoms with Gasteiger partial charge in [-0.2, -0.15) is 9.57 Å². The lowest BCUT2D eigenvalue weighted by atomic mass is 9.97. The molecule has 0 spiro atoms. The van der Waals surface area contributed by atoms with Gasteiger partial charge in [-0.3, -0.25) is 4.79 Å². The minimum atomic E-state index is -3.73. The van der Waals surface area contributed by atoms with Crippen LogP contribution in [0.2, 0.25) is 5.02 Å². The number of hydrogen-bond donors (Lipinski definition) is 1. The second-order valence-electron chi connectivity index (χ2n) is 6.28. The van der Waals surface area contributed by atoms with Crippen molar-refractivity contribution in [3.8, 4) is 6.07 Å². The monoisotopic (exact) mass is 482 g/mol. The zero-order chi connectivity index (χ0) is 20.3. The van der Waals surface area contributed by atoms with Gasteiger partial charge in [0.05, 0.1) is 15.5 Å². The molecule has 0 radical (unpaired) electrons. The summed E-state index contributed by atoms with van der Waals surface area (Å²) in [6, 6.07) is 9.42. The standard InChI is InChI=1S/C18H16BrClN4O3S/c19-14-2-4-17(22-11-14)23-18(25)12-5-7-24(8-6-12)28(26,27)15-3-1-13(10-21)16(20)9-15/h1-4,9,11-12H,5-8H2,(H,22,23,25). The summed E-state index contributed by atoms with van der Waals surface area (Å²) in [5, 5.41) is 11.8. The number of anilines is 1. The molecule has 146 valence electrons. The molecular weight excluding hydrogens is 468 g/mol. The Morgan fingerprint density at radius 3 is 2.57 bits per heavy atom. The molecule has 1 N–H and O–H groups in total. The summed E-state index contributed by atoms with van der Waals surface area (Å²) in [6.07, 6.45) is 2.41. The quantitative estimate of drug-likeness (QED) is 0.718. The second kappa shape index (κ2) is 8.57. The molecule has 0 atom stereocenters. The Bertz CT molecular complexity index is 1030. The lowest BCUT2D eigenvalue weighted by Crippen LogP contribution is -2.41. The molecule has 0 aliphatic carbocycles. The molecule has 3 rings (SSSR count). The van der Waals surface area contributed by atoms with Gasteiger partial charge in [0.25, 0.3) is 0 Å². The molecule has 2 aromatic rings. The number of hydrogen-bond acceptors (Lipinski definition) is 5. The third-order valence-corrected chi connectivity index (χ3v) is 7.18. The van der Waals surface area contributed by atoms with Crippen molar-refractivity contribution in [3.63, 3.8) is 0 Å². The summed E-state index contributed by atoms with van der Waals surface area (Å²) in [5.41, 5.74) is 0.220. The van der Waals surface area contributed by atoms with Crippen molar-refractivity contribution in [2.75, 3.05) is 18.4 Å². The first kappa shape index (κ1) is 20.7. The number of benzene rings is 1. The third kappa shape index (κ3) is 4.52. The number of pyridine rings is 1. The molecule has 1 amide bonds. The minimum absolute atomic E-state index is 0.0402. The lowest BCUT2D eigenvalue weighted by Gasteiger charge is -2.30. The van der Waals surface area contributed by atoms with Gasteiger partial charge in [-0.05, 0) is 59.1 Å². The van der Waals surface area contributed by atoms with E-state index in [-0.39, 0.29) is 40.4 Å². The van der Waals surface area contributed by atoms with Crippen LogP contribution in [-0.4, -0.2) is 36.7 Å². The Labute approximate surface area is 176 Å². The molecule has 2 heterocycles. The van der Waals surface area contributed by atoms with E-state index in [9.17, 15) is 13.2 Å². The highest BCUT2D eigenvalue weighted by Crippen LogP contribution is 2.27. The van der Waals surface area contributed by atoms with Gasteiger partial charge in [0.15, 0.2) is 0 Å². The topological polar surface area (TPSA) is 103 Å². The fraction of sp³-hybridized carbons (Fsp3) is 0.278. The first-order valence-corrected chi connectivity index (χ1v) is 11.0. The molecule has 1 aliphatic rings. The van der Waals surface area contributed by atoms with Crippen molar-refractivity contribution in [1.82, 2.24) is 9.29 Å². The normalized spacial score (nSPS) is 15.8. The molecule has 1 aromatic carbocycles. The van der Waals surface area contributed by atoms with E-state index in [2.05, 4.69) is 26.2 Å². The van der Waals surface area contributed by atoms with Crippen LogP contribution in [0.3, 0.4) is 0 Å². The maximum Gasteiger partial charge on any atom is 0.243 e. The molecule has 1 fully saturated rings. The van der Waals surface area contributed by atoms with E-state index >= 15 is 0 Å². The number of carbonyl (C=O) groups excluding carboxylic acids is 1. The largest absolute Gasteiger partial charge is 0.310 e. The van der Waals surface area contributed by atoms with E-state index < -0.39 is 10.0 Å². The van der Waals surface area contributed by atoms with Gasteiger partial charge in [0.1, 0.15) is 11.9 Å². The van der Waals surface area contributed by atoms with Gasteiger partial charge >= 0.3 is 0 Å². The summed E-state index contributed by atoms with van der Waals surface area (Å²) in [5.74, 6) is -0.00906. The van der Waals surface area contributed by atoms with Crippen LogP contribution < -0.4 is 5.32 Å². The average Bonchev–Trinajstić information content (AvgIpc) is 2.69. The van der Waals surface area contributed by atoms with E-state index in [1.54, 1.807) is 18.3 Å². The zero-order valence-electron chi connectivity index (χ0n) is 14.6. The molecular formula is C18H16BrClN4O3S. The lowest BCUT2D eigenvalue weighted by molar-refractivity contribution is -0.120. The van der Waals surface area contributed by atoms with Crippen LogP contribution in [0.4, 0.5) is 5.82 Å². The van der Waals surface area contributed by atoms with Crippen molar-refractivity contribution < 1.29 is 13.2 Å². The smallest absolute Gasteiger partial charge is 0.243 e. The van der Waals surface area contributed by atoms with Gasteiger partial charge in [-0.15, -0.1) is 0 Å². The summed E-state index contributed by atoms with van der Waals surface area (Å²) in [4.78, 5) is 16.6. The maximum absolute atomic E-state index is 12.8. The average molecular weight is 484 g/mol. The number of rotatable bonds is 4. The number of halogens is 2. The number of nitriles is 1. The molecule has 1 saturated heterocycles. The molecule has 10 heteroatoms. The predicted molar refractivity (Wildman–Crippen MR) is 108 cm³/mol. The van der Waals surface area contributed by atoms with Crippen LogP contribution in [0.1, 0.15) is 18.4 Å². The van der Waals surface area contributed by atoms with Gasteiger partial charge in [-0.1, -0.05) is 11.6 Å². The van der Waals surface area contributed by atoms with E-state index in [0.29, 0.717) is 18.7 Å². The molecule has 1 aromatic heterocycles. The van der Waals surface area contributed by atoms with E-state index in [1.807, 2.05) is 6.07 Å². The Morgan fingerprint density at radius 1 is 1.29 bits per heavy atom. The van der Waals surface area contributed by atoms with Crippen molar-refractivity contribution >= 4 is 49.3 Å². The fourth-order valence-electron chi connectivity index (χ4n) is 2.93. The number of sulfonamides is 1. The van der Waals surface area contributed by atoms with E-state index in [4.69, 9.17) is 16.9 Å². The molecule has 28 heavy (non-hydrogen) atoms. The van der Waals surface area contributed by atoms with Crippen LogP contribution in [0.5, 0.6) is 0 Å². The first-order valence-electron chi connectivity index (χ1n) is 8.43. The molecule has 7 nitrogen and oxygen atoms in total. The van der Waals surface area contributed by atoms with E-state index in [0.717, 1.165) is 4.47 Å². The van der Waals surface area contributed by atoms with Crippen molar-refractivity contribution in [2.45, 2.75) is 17.7 Å². The van der Waals surface area contributed by atoms with Crippen molar-refractivity contribution in [2.24, 2.45) is 5.92 Å². The highest BCUT2D eigenvalue weighted by Gasteiger charge is 2.32. The Balaban J connectivity index is 1.64. The SMILES string of the molecule is N#Cc1ccc(S(=O)(=O)N2CCC(C(=O)Nc3ccc(Br)cn3)CC2)cc1Cl. The number of nitrogens with one attached hydrogen (secondary N) is 1. The highest BCUT2D eigenvalue weighted by atomic mass is 79.9. The first-order chi connectivity index (χ1) is 13.3. The van der Waals surface area contributed by atoms with Crippen LogP contribution in [0.25, 0.3) is 0 Å². The number of nitrogens with zero attached hydrogens (tertiary/aromatic N) is 3. The van der Waals surface area contributed by atoms with Gasteiger partial charge < -0.3 is 5.32 Å². The highest BCUT2D eigenvalue weighted by molar-refractivity contribution is 9.10. The van der Waals surface area contributed by atoms with Crippen molar-refractivity contribution in [3.05, 3.63) is 51.6 Å². The Hall–Kier alpha value is -1.99. The van der Waals surface area contributed by atoms with Gasteiger partial charge in [0.2, 0.25) is 15.9 Å². The van der Waals surface area contributed by atoms with Crippen LogP contribution in [0.15, 0.2) is 45.9 Å². The molecule has 0 bridgehead atoms. The van der Waals surface area contributed by atoms with Gasteiger partial charge in [0, 0.05) is 29.7 Å². The summed E-state index contributed by atoms with van der Waals surface area (Å²) in [7, 11) is -3.73. The summed E-state index contributed by atoms with van der Waals surface area (Å²) >= 11 is 9.24. The maximum atomic E-state index is 12.8. The van der Waals surface area contributed by atoms with Crippen LogP contribution >= 0.6 is 27.5 Å². The number of carbonyl (C=O) groups is 1. The summed E-state index contributed by atoms with van der Waals surface area (Å²) < 4.78 is 27.8. The second-order valence-corrected chi connectivity index (χ2v) is 9.54. The fourth-order valence-corrected chi connectivity index (χ4v) is 4.95. The molecule has 0 saturated carbocycles. The Morgan fingerprint density at radius 2 is 2.00 bits per heavy atom. The summed E-state index contributed by atoms with van der Waals surface area (Å²) in [6.45, 7) is 0.456. The predicted octanol–water partition coefficient (Wildman–Crippen LogP) is 3.41. The zero-order valence-corrected chi connectivity index (χ0v) is 17.8. The van der Waals surface area contributed by atoms with Crippen LogP contribution in [-0.2, 0) is 14.8 Å². The van der Waals surface area contributed by atoms with E-state index in [1.165, 1.54) is 22.5 Å². The molecule has 0 unspecified atom stereocenters. The van der Waals surface area contributed by atoms with Gasteiger partial charge in [-0.25, -0.2) is 13.4 Å².